The van der Waals surface area contributed by atoms with E-state index in [1.165, 1.54) is 136 Å². The van der Waals surface area contributed by atoms with E-state index in [1.807, 2.05) is 6.07 Å². The molecule has 0 saturated heterocycles. The molecule has 0 N–H and O–H groups in total. The highest BCUT2D eigenvalue weighted by Gasteiger charge is 2.24. The molecular formula is C92H54O2. The SMILES string of the molecule is c1ccc2cc(-c3c4ccccc4c(-c4ccc5oc6c(-c7cccc8c(-c9c%10ccccc%10c(-c%10ccc%11oc%12ccccc%12c%11c%10)c%10cc(-c%11cccc%12ccccc%11%12)ccc9%10)cccc78)cccc6c5c4)c4cc(-c5cccc6ccccc56)ccc34)ccc2c1. The van der Waals surface area contributed by atoms with Gasteiger partial charge in [0.1, 0.15) is 22.3 Å². The van der Waals surface area contributed by atoms with Gasteiger partial charge in [-0.25, -0.2) is 0 Å². The molecule has 0 aliphatic rings. The number of rotatable bonds is 7. The van der Waals surface area contributed by atoms with Crippen LogP contribution in [-0.4, -0.2) is 0 Å². The monoisotopic (exact) mass is 1190 g/mol. The fraction of sp³-hybridized carbons (Fsp3) is 0. The zero-order valence-electron chi connectivity index (χ0n) is 51.0. The third-order valence-electron chi connectivity index (χ3n) is 20.2. The van der Waals surface area contributed by atoms with Crippen LogP contribution in [0.25, 0.3) is 208 Å². The summed E-state index contributed by atoms with van der Waals surface area (Å²) in [5.74, 6) is 0. The summed E-state index contributed by atoms with van der Waals surface area (Å²) < 4.78 is 13.6. The van der Waals surface area contributed by atoms with Crippen molar-refractivity contribution >= 4 is 130 Å². The van der Waals surface area contributed by atoms with Gasteiger partial charge in [-0.2, -0.15) is 0 Å². The Morgan fingerprint density at radius 1 is 0.149 bits per heavy atom. The van der Waals surface area contributed by atoms with Crippen LogP contribution in [0, 0.1) is 0 Å². The molecule has 0 atom stereocenters. The summed E-state index contributed by atoms with van der Waals surface area (Å²) >= 11 is 0. The predicted molar refractivity (Wildman–Crippen MR) is 399 cm³/mol. The van der Waals surface area contributed by atoms with Gasteiger partial charge in [-0.15, -0.1) is 0 Å². The van der Waals surface area contributed by atoms with E-state index in [4.69, 9.17) is 8.83 Å². The third kappa shape index (κ3) is 7.97. The quantitative estimate of drug-likeness (QED) is 0.149. The van der Waals surface area contributed by atoms with Crippen LogP contribution in [0.1, 0.15) is 0 Å². The fourth-order valence-corrected chi connectivity index (χ4v) is 16.0. The maximum absolute atomic E-state index is 7.18. The van der Waals surface area contributed by atoms with Gasteiger partial charge in [-0.1, -0.05) is 279 Å². The normalized spacial score (nSPS) is 12.0. The Morgan fingerprint density at radius 2 is 0.511 bits per heavy atom. The molecule has 2 aromatic heterocycles. The van der Waals surface area contributed by atoms with Crippen molar-refractivity contribution in [1.29, 1.82) is 0 Å². The van der Waals surface area contributed by atoms with Crippen molar-refractivity contribution in [1.82, 2.24) is 0 Å². The molecule has 2 heterocycles. The Morgan fingerprint density at radius 3 is 1.14 bits per heavy atom. The summed E-state index contributed by atoms with van der Waals surface area (Å²) in [7, 11) is 0. The Kier molecular flexibility index (Phi) is 11.5. The zero-order chi connectivity index (χ0) is 61.5. The zero-order valence-corrected chi connectivity index (χ0v) is 51.0. The molecule has 0 radical (unpaired) electrons. The molecule has 20 rings (SSSR count). The second kappa shape index (κ2) is 20.6. The molecule has 2 heteroatoms. The molecule has 0 bridgehead atoms. The first kappa shape index (κ1) is 52.4. The first-order valence-corrected chi connectivity index (χ1v) is 32.4. The molecule has 2 nitrogen and oxygen atoms in total. The summed E-state index contributed by atoms with van der Waals surface area (Å²) in [4.78, 5) is 0. The number of fused-ring (bicyclic) bond motifs is 14. The van der Waals surface area contributed by atoms with Crippen LogP contribution in [0.4, 0.5) is 0 Å². The molecule has 18 aromatic carbocycles. The van der Waals surface area contributed by atoms with Crippen LogP contribution in [0.3, 0.4) is 0 Å². The van der Waals surface area contributed by atoms with Gasteiger partial charge in [0.05, 0.1) is 0 Å². The standard InChI is InChI=1S/C92H54O2/c1-2-21-58-50-61(41-40-55(58)18-1)88-73-27-7-8-28-74(73)89(83-51-59(42-46-77(83)88)66-31-13-22-56-19-3-5-24-64(56)66)63-45-49-87-82(54-63)80-38-17-37-79(92(80)94-87)70-35-15-34-69-68(70)33-16-36-72(69)91-76-30-10-9-29-75(76)90(62-44-48-86-81(53-62)71-26-11-12-39-85(71)93-86)84-52-60(43-47-78(84)91)67-32-14-23-57-20-4-6-25-65(57)67/h1-54H. The van der Waals surface area contributed by atoms with Crippen LogP contribution in [0.2, 0.25) is 0 Å². The van der Waals surface area contributed by atoms with E-state index >= 15 is 0 Å². The molecule has 0 unspecified atom stereocenters. The van der Waals surface area contributed by atoms with Gasteiger partial charge in [-0.3, -0.25) is 0 Å². The minimum atomic E-state index is 0.853. The summed E-state index contributed by atoms with van der Waals surface area (Å²) in [6.45, 7) is 0. The maximum Gasteiger partial charge on any atom is 0.143 e. The van der Waals surface area contributed by atoms with E-state index < -0.39 is 0 Å². The molecule has 0 saturated carbocycles. The Hall–Kier alpha value is -12.4. The summed E-state index contributed by atoms with van der Waals surface area (Å²) in [5.41, 5.74) is 20.0. The van der Waals surface area contributed by atoms with Crippen LogP contribution in [-0.2, 0) is 0 Å². The highest BCUT2D eigenvalue weighted by atomic mass is 16.3. The van der Waals surface area contributed by atoms with Gasteiger partial charge in [0, 0.05) is 27.1 Å². The van der Waals surface area contributed by atoms with Crippen LogP contribution >= 0.6 is 0 Å². The van der Waals surface area contributed by atoms with Crippen molar-refractivity contribution in [2.24, 2.45) is 0 Å². The lowest BCUT2D eigenvalue weighted by Gasteiger charge is -2.20. The summed E-state index contributed by atoms with van der Waals surface area (Å²) in [6, 6.07) is 121. The largest absolute Gasteiger partial charge is 0.456 e. The summed E-state index contributed by atoms with van der Waals surface area (Å²) in [5, 5.41) is 23.7. The Bertz CT molecular complexity index is 6600. The highest BCUT2D eigenvalue weighted by molar-refractivity contribution is 6.27. The predicted octanol–water partition coefficient (Wildman–Crippen LogP) is 26.4. The topological polar surface area (TPSA) is 26.3 Å². The molecular weight excluding hydrogens is 1140 g/mol. The van der Waals surface area contributed by atoms with Gasteiger partial charge in [0.25, 0.3) is 0 Å². The second-order valence-corrected chi connectivity index (χ2v) is 25.2. The highest BCUT2D eigenvalue weighted by Crippen LogP contribution is 2.51. The van der Waals surface area contributed by atoms with Gasteiger partial charge in [-0.05, 0) is 207 Å². The van der Waals surface area contributed by atoms with Crippen molar-refractivity contribution in [2.45, 2.75) is 0 Å². The van der Waals surface area contributed by atoms with Crippen molar-refractivity contribution in [3.05, 3.63) is 328 Å². The average molecular weight is 1190 g/mol. The smallest absolute Gasteiger partial charge is 0.143 e. The van der Waals surface area contributed by atoms with E-state index in [0.717, 1.165) is 71.5 Å². The lowest BCUT2D eigenvalue weighted by molar-refractivity contribution is 0.669. The number of benzene rings is 18. The van der Waals surface area contributed by atoms with Gasteiger partial charge in [0.15, 0.2) is 0 Å². The molecule has 20 aromatic rings. The molecule has 0 spiro atoms. The molecule has 0 amide bonds. The summed E-state index contributed by atoms with van der Waals surface area (Å²) in [6.07, 6.45) is 0. The molecule has 0 aliphatic carbocycles. The lowest BCUT2D eigenvalue weighted by atomic mass is 9.83. The van der Waals surface area contributed by atoms with E-state index in [-0.39, 0.29) is 0 Å². The van der Waals surface area contributed by atoms with Crippen molar-refractivity contribution in [3.8, 4) is 77.9 Å². The first-order chi connectivity index (χ1) is 46.6. The van der Waals surface area contributed by atoms with Crippen molar-refractivity contribution < 1.29 is 8.83 Å². The average Bonchev–Trinajstić information content (AvgIpc) is 1.17. The van der Waals surface area contributed by atoms with Crippen LogP contribution < -0.4 is 0 Å². The van der Waals surface area contributed by atoms with Gasteiger partial charge >= 0.3 is 0 Å². The molecule has 0 aliphatic heterocycles. The van der Waals surface area contributed by atoms with Crippen molar-refractivity contribution in [3.63, 3.8) is 0 Å². The minimum absolute atomic E-state index is 0.853. The van der Waals surface area contributed by atoms with Gasteiger partial charge < -0.3 is 8.83 Å². The Balaban J connectivity index is 0.780. The molecule has 434 valence electrons. The lowest BCUT2D eigenvalue weighted by Crippen LogP contribution is -1.93. The minimum Gasteiger partial charge on any atom is -0.456 e. The maximum atomic E-state index is 7.18. The van der Waals surface area contributed by atoms with Crippen LogP contribution in [0.15, 0.2) is 336 Å². The molecule has 0 fully saturated rings. The van der Waals surface area contributed by atoms with E-state index in [0.29, 0.717) is 0 Å². The van der Waals surface area contributed by atoms with E-state index in [2.05, 4.69) is 322 Å². The van der Waals surface area contributed by atoms with E-state index in [9.17, 15) is 0 Å². The molecule has 94 heavy (non-hydrogen) atoms. The fourth-order valence-electron chi connectivity index (χ4n) is 16.0. The number of furan rings is 2. The number of para-hydroxylation sites is 2. The van der Waals surface area contributed by atoms with Gasteiger partial charge in [0.2, 0.25) is 0 Å². The van der Waals surface area contributed by atoms with E-state index in [1.54, 1.807) is 0 Å². The Labute approximate surface area is 541 Å². The second-order valence-electron chi connectivity index (χ2n) is 25.2. The number of hydrogen-bond donors (Lipinski definition) is 0. The third-order valence-corrected chi connectivity index (χ3v) is 20.2. The first-order valence-electron chi connectivity index (χ1n) is 32.4. The van der Waals surface area contributed by atoms with Crippen LogP contribution in [0.5, 0.6) is 0 Å². The number of hydrogen-bond acceptors (Lipinski definition) is 2. The van der Waals surface area contributed by atoms with Crippen molar-refractivity contribution in [2.75, 3.05) is 0 Å².